The van der Waals surface area contributed by atoms with Crippen molar-refractivity contribution in [3.8, 4) is 0 Å². The molecule has 0 radical (unpaired) electrons. The Morgan fingerprint density at radius 2 is 2.19 bits per heavy atom. The van der Waals surface area contributed by atoms with Gasteiger partial charge in [-0.1, -0.05) is 0 Å². The number of nitro benzene ring substituents is 1. The van der Waals surface area contributed by atoms with Crippen molar-refractivity contribution in [2.24, 2.45) is 0 Å². The average molecular weight is 283 g/mol. The van der Waals surface area contributed by atoms with E-state index < -0.39 is 4.92 Å². The van der Waals surface area contributed by atoms with Crippen molar-refractivity contribution in [1.29, 1.82) is 0 Å². The van der Waals surface area contributed by atoms with Gasteiger partial charge in [-0.05, 0) is 18.2 Å². The second kappa shape index (κ2) is 5.00. The molecule has 0 aliphatic carbocycles. The lowest BCUT2D eigenvalue weighted by Crippen LogP contribution is -2.12. The molecule has 2 aromatic heterocycles. The summed E-state index contributed by atoms with van der Waals surface area (Å²) in [6.45, 7) is 0. The number of pyridine rings is 1. The minimum Gasteiger partial charge on any atom is -0.305 e. The molecule has 1 aromatic carbocycles. The number of hydrogen-bond donors (Lipinski definition) is 2. The lowest BCUT2D eigenvalue weighted by atomic mass is 10.2. The fourth-order valence-corrected chi connectivity index (χ4v) is 1.89. The molecule has 2 N–H and O–H groups in total. The number of carbonyl (C=O) groups is 1. The van der Waals surface area contributed by atoms with E-state index in [4.69, 9.17) is 0 Å². The minimum absolute atomic E-state index is 0.0687. The number of amides is 1. The number of benzene rings is 1. The molecule has 3 aromatic rings. The molecular weight excluding hydrogens is 274 g/mol. The third-order valence-electron chi connectivity index (χ3n) is 2.91. The van der Waals surface area contributed by atoms with Crippen LogP contribution in [0, 0.1) is 10.1 Å². The predicted octanol–water partition coefficient (Wildman–Crippen LogP) is 2.12. The molecule has 0 saturated carbocycles. The first-order chi connectivity index (χ1) is 10.1. The van der Waals surface area contributed by atoms with Crippen LogP contribution in [-0.4, -0.2) is 26.0 Å². The molecule has 21 heavy (non-hydrogen) atoms. The maximum Gasteiger partial charge on any atom is 0.270 e. The average Bonchev–Trinajstić information content (AvgIpc) is 2.90. The maximum absolute atomic E-state index is 12.0. The molecule has 0 unspecified atom stereocenters. The van der Waals surface area contributed by atoms with Crippen LogP contribution in [0.25, 0.3) is 10.9 Å². The van der Waals surface area contributed by atoms with Gasteiger partial charge in [0.25, 0.3) is 11.6 Å². The molecule has 0 saturated heterocycles. The van der Waals surface area contributed by atoms with E-state index in [1.54, 1.807) is 24.4 Å². The van der Waals surface area contributed by atoms with E-state index in [0.29, 0.717) is 16.5 Å². The summed E-state index contributed by atoms with van der Waals surface area (Å²) in [5.74, 6) is -0.148. The predicted molar refractivity (Wildman–Crippen MR) is 74.9 cm³/mol. The Balaban J connectivity index is 1.95. The lowest BCUT2D eigenvalue weighted by Gasteiger charge is -2.01. The molecule has 0 aliphatic rings. The second-order valence-corrected chi connectivity index (χ2v) is 4.26. The first-order valence-corrected chi connectivity index (χ1v) is 5.99. The van der Waals surface area contributed by atoms with Crippen LogP contribution < -0.4 is 5.32 Å². The van der Waals surface area contributed by atoms with Crippen LogP contribution in [0.15, 0.2) is 42.7 Å². The highest BCUT2D eigenvalue weighted by Gasteiger charge is 2.14. The van der Waals surface area contributed by atoms with Gasteiger partial charge in [0, 0.05) is 24.5 Å². The lowest BCUT2D eigenvalue weighted by molar-refractivity contribution is -0.384. The van der Waals surface area contributed by atoms with Crippen molar-refractivity contribution in [3.63, 3.8) is 0 Å². The normalized spacial score (nSPS) is 10.5. The number of hydrogen-bond acceptors (Lipinski definition) is 5. The quantitative estimate of drug-likeness (QED) is 0.564. The number of anilines is 1. The van der Waals surface area contributed by atoms with Crippen LogP contribution in [0.2, 0.25) is 0 Å². The van der Waals surface area contributed by atoms with E-state index in [2.05, 4.69) is 20.5 Å². The van der Waals surface area contributed by atoms with E-state index in [0.717, 1.165) is 0 Å². The van der Waals surface area contributed by atoms with Gasteiger partial charge < -0.3 is 5.32 Å². The van der Waals surface area contributed by atoms with Crippen LogP contribution in [0.4, 0.5) is 11.5 Å². The fraction of sp³-hybridized carbons (Fsp3) is 0. The molecule has 0 atom stereocenters. The Kier molecular flexibility index (Phi) is 3.03. The van der Waals surface area contributed by atoms with E-state index in [1.807, 2.05) is 0 Å². The number of H-pyrrole nitrogens is 1. The second-order valence-electron chi connectivity index (χ2n) is 4.26. The molecule has 0 fully saturated rings. The number of aromatic nitrogens is 3. The monoisotopic (exact) mass is 283 g/mol. The molecule has 1 amide bonds. The third kappa shape index (κ3) is 2.41. The van der Waals surface area contributed by atoms with Crippen molar-refractivity contribution in [2.75, 3.05) is 5.32 Å². The van der Waals surface area contributed by atoms with E-state index >= 15 is 0 Å². The van der Waals surface area contributed by atoms with Gasteiger partial charge in [-0.25, -0.2) is 0 Å². The molecule has 8 nitrogen and oxygen atoms in total. The zero-order valence-corrected chi connectivity index (χ0v) is 10.6. The number of non-ortho nitro benzene ring substituents is 1. The van der Waals surface area contributed by atoms with Crippen molar-refractivity contribution in [2.45, 2.75) is 0 Å². The van der Waals surface area contributed by atoms with Gasteiger partial charge in [0.15, 0.2) is 5.82 Å². The molecule has 8 heteroatoms. The van der Waals surface area contributed by atoms with Crippen LogP contribution in [0.3, 0.4) is 0 Å². The van der Waals surface area contributed by atoms with Crippen molar-refractivity contribution >= 4 is 28.3 Å². The summed E-state index contributed by atoms with van der Waals surface area (Å²) < 4.78 is 0. The molecule has 0 spiro atoms. The summed E-state index contributed by atoms with van der Waals surface area (Å²) in [6.07, 6.45) is 2.98. The smallest absolute Gasteiger partial charge is 0.270 e. The number of nitrogens with one attached hydrogen (secondary N) is 2. The van der Waals surface area contributed by atoms with Crippen LogP contribution in [0.1, 0.15) is 10.4 Å². The maximum atomic E-state index is 12.0. The molecule has 0 bridgehead atoms. The number of nitro groups is 1. The first kappa shape index (κ1) is 12.7. The van der Waals surface area contributed by atoms with Crippen molar-refractivity contribution in [3.05, 3.63) is 58.4 Å². The largest absolute Gasteiger partial charge is 0.305 e. The van der Waals surface area contributed by atoms with Crippen LogP contribution >= 0.6 is 0 Å². The Morgan fingerprint density at radius 3 is 2.90 bits per heavy atom. The summed E-state index contributed by atoms with van der Waals surface area (Å²) in [7, 11) is 0. The zero-order chi connectivity index (χ0) is 14.8. The fourth-order valence-electron chi connectivity index (χ4n) is 1.89. The van der Waals surface area contributed by atoms with Crippen molar-refractivity contribution in [1.82, 2.24) is 15.2 Å². The molecule has 3 rings (SSSR count). The molecule has 2 heterocycles. The van der Waals surface area contributed by atoms with Gasteiger partial charge in [-0.3, -0.25) is 25.0 Å². The first-order valence-electron chi connectivity index (χ1n) is 5.99. The number of aromatic amines is 1. The van der Waals surface area contributed by atoms with E-state index in [-0.39, 0.29) is 17.4 Å². The molecule has 0 aliphatic heterocycles. The van der Waals surface area contributed by atoms with Crippen LogP contribution in [-0.2, 0) is 0 Å². The Bertz CT molecular complexity index is 828. The van der Waals surface area contributed by atoms with Crippen molar-refractivity contribution < 1.29 is 9.72 Å². The highest BCUT2D eigenvalue weighted by atomic mass is 16.6. The highest BCUT2D eigenvalue weighted by Crippen LogP contribution is 2.25. The summed E-state index contributed by atoms with van der Waals surface area (Å²) in [5, 5.41) is 20.5. The SMILES string of the molecule is O=C(Nc1n[nH]c2ccc([N+](=O)[O-])cc12)c1cccnc1. The Hall–Kier alpha value is -3.29. The van der Waals surface area contributed by atoms with Gasteiger partial charge in [0.1, 0.15) is 0 Å². The summed E-state index contributed by atoms with van der Waals surface area (Å²) in [6, 6.07) is 7.52. The number of nitrogens with zero attached hydrogens (tertiary/aromatic N) is 3. The van der Waals surface area contributed by atoms with Gasteiger partial charge in [0.05, 0.1) is 21.4 Å². The number of carbonyl (C=O) groups excluding carboxylic acids is 1. The topological polar surface area (TPSA) is 114 Å². The van der Waals surface area contributed by atoms with Gasteiger partial charge >= 0.3 is 0 Å². The van der Waals surface area contributed by atoms with Gasteiger partial charge in [0.2, 0.25) is 0 Å². The third-order valence-corrected chi connectivity index (χ3v) is 2.91. The molecule has 104 valence electrons. The Morgan fingerprint density at radius 1 is 1.33 bits per heavy atom. The van der Waals surface area contributed by atoms with Crippen LogP contribution in [0.5, 0.6) is 0 Å². The number of fused-ring (bicyclic) bond motifs is 1. The summed E-state index contributed by atoms with van der Waals surface area (Å²) in [5.41, 5.74) is 0.905. The van der Waals surface area contributed by atoms with E-state index in [1.165, 1.54) is 18.3 Å². The Labute approximate surface area is 118 Å². The van der Waals surface area contributed by atoms with Gasteiger partial charge in [-0.15, -0.1) is 0 Å². The van der Waals surface area contributed by atoms with Gasteiger partial charge in [-0.2, -0.15) is 5.10 Å². The number of rotatable bonds is 3. The minimum atomic E-state index is -0.501. The highest BCUT2D eigenvalue weighted by molar-refractivity contribution is 6.07. The summed E-state index contributed by atoms with van der Waals surface area (Å²) in [4.78, 5) is 26.2. The van der Waals surface area contributed by atoms with E-state index in [9.17, 15) is 14.9 Å². The summed E-state index contributed by atoms with van der Waals surface area (Å²) >= 11 is 0. The zero-order valence-electron chi connectivity index (χ0n) is 10.6. The molecular formula is C13H9N5O3. The standard InChI is InChI=1S/C13H9N5O3/c19-13(8-2-1-5-14-7-8)15-12-10-6-9(18(20)21)3-4-11(10)16-17-12/h1-7H,(H2,15,16,17,19).